The molecule has 2 heteroatoms. The van der Waals surface area contributed by atoms with Crippen molar-refractivity contribution in [2.45, 2.75) is 71.3 Å². The molecule has 1 aliphatic carbocycles. The van der Waals surface area contributed by atoms with Crippen LogP contribution in [-0.2, 0) is 9.53 Å². The van der Waals surface area contributed by atoms with Gasteiger partial charge in [0.25, 0.3) is 0 Å². The molecule has 1 saturated carbocycles. The van der Waals surface area contributed by atoms with E-state index in [1.54, 1.807) is 0 Å². The van der Waals surface area contributed by atoms with Gasteiger partial charge in [0.2, 0.25) is 0 Å². The molecule has 2 atom stereocenters. The van der Waals surface area contributed by atoms with Crippen LogP contribution in [0.4, 0.5) is 0 Å². The van der Waals surface area contributed by atoms with Crippen molar-refractivity contribution < 1.29 is 9.53 Å². The Morgan fingerprint density at radius 2 is 2.00 bits per heavy atom. The van der Waals surface area contributed by atoms with E-state index in [9.17, 15) is 4.79 Å². The molecule has 0 aromatic heterocycles. The summed E-state index contributed by atoms with van der Waals surface area (Å²) < 4.78 is 5.51. The van der Waals surface area contributed by atoms with Crippen LogP contribution in [0.2, 0.25) is 0 Å². The van der Waals surface area contributed by atoms with Crippen LogP contribution >= 0.6 is 0 Å². The molecule has 0 unspecified atom stereocenters. The lowest BCUT2D eigenvalue weighted by Crippen LogP contribution is -2.28. The molecular weight excluding hydrogens is 188 g/mol. The second-order valence-corrected chi connectivity index (χ2v) is 4.75. The summed E-state index contributed by atoms with van der Waals surface area (Å²) in [5, 5.41) is 0. The SMILES string of the molecule is CCCCCC(=O)O[C@@H]1CCCC[C@@H]1C. The average Bonchev–Trinajstić information content (AvgIpc) is 2.22. The van der Waals surface area contributed by atoms with E-state index in [1.165, 1.54) is 19.3 Å². The topological polar surface area (TPSA) is 26.3 Å². The van der Waals surface area contributed by atoms with Crippen molar-refractivity contribution in [3.8, 4) is 0 Å². The Bertz CT molecular complexity index is 189. The van der Waals surface area contributed by atoms with Gasteiger partial charge in [-0.2, -0.15) is 0 Å². The molecule has 0 amide bonds. The molecule has 15 heavy (non-hydrogen) atoms. The Hall–Kier alpha value is -0.530. The number of hydrogen-bond donors (Lipinski definition) is 0. The normalized spacial score (nSPS) is 26.3. The quantitative estimate of drug-likeness (QED) is 0.513. The number of esters is 1. The van der Waals surface area contributed by atoms with E-state index in [-0.39, 0.29) is 12.1 Å². The molecule has 1 aliphatic rings. The Morgan fingerprint density at radius 3 is 2.67 bits per heavy atom. The molecule has 0 spiro atoms. The first-order valence-corrected chi connectivity index (χ1v) is 6.43. The molecule has 1 rings (SSSR count). The van der Waals surface area contributed by atoms with Gasteiger partial charge in [0, 0.05) is 6.42 Å². The first-order valence-electron chi connectivity index (χ1n) is 6.43. The van der Waals surface area contributed by atoms with E-state index in [4.69, 9.17) is 4.74 Å². The zero-order valence-corrected chi connectivity index (χ0v) is 10.1. The first kappa shape index (κ1) is 12.5. The van der Waals surface area contributed by atoms with Gasteiger partial charge in [0.05, 0.1) is 0 Å². The van der Waals surface area contributed by atoms with E-state index < -0.39 is 0 Å². The largest absolute Gasteiger partial charge is 0.462 e. The van der Waals surface area contributed by atoms with Crippen LogP contribution in [0.15, 0.2) is 0 Å². The predicted molar refractivity (Wildman–Crippen MR) is 61.7 cm³/mol. The molecule has 0 aromatic rings. The van der Waals surface area contributed by atoms with Crippen molar-refractivity contribution in [2.75, 3.05) is 0 Å². The maximum Gasteiger partial charge on any atom is 0.306 e. The summed E-state index contributed by atoms with van der Waals surface area (Å²) in [6, 6.07) is 0. The van der Waals surface area contributed by atoms with Crippen LogP contribution in [0.3, 0.4) is 0 Å². The molecule has 1 fully saturated rings. The van der Waals surface area contributed by atoms with Crippen molar-refractivity contribution in [2.24, 2.45) is 5.92 Å². The summed E-state index contributed by atoms with van der Waals surface area (Å²) >= 11 is 0. The van der Waals surface area contributed by atoms with E-state index in [0.717, 1.165) is 25.7 Å². The average molecular weight is 212 g/mol. The lowest BCUT2D eigenvalue weighted by atomic mass is 9.88. The third kappa shape index (κ3) is 4.67. The van der Waals surface area contributed by atoms with Crippen molar-refractivity contribution in [3.63, 3.8) is 0 Å². The molecule has 0 N–H and O–H groups in total. The minimum Gasteiger partial charge on any atom is -0.462 e. The van der Waals surface area contributed by atoms with Crippen molar-refractivity contribution in [1.29, 1.82) is 0 Å². The summed E-state index contributed by atoms with van der Waals surface area (Å²) in [5.74, 6) is 0.580. The van der Waals surface area contributed by atoms with Gasteiger partial charge in [0.1, 0.15) is 6.10 Å². The van der Waals surface area contributed by atoms with E-state index in [0.29, 0.717) is 12.3 Å². The fraction of sp³-hybridized carbons (Fsp3) is 0.923. The van der Waals surface area contributed by atoms with Crippen molar-refractivity contribution in [3.05, 3.63) is 0 Å². The van der Waals surface area contributed by atoms with E-state index in [1.807, 2.05) is 0 Å². The van der Waals surface area contributed by atoms with E-state index in [2.05, 4.69) is 13.8 Å². The highest BCUT2D eigenvalue weighted by molar-refractivity contribution is 5.69. The van der Waals surface area contributed by atoms with Gasteiger partial charge in [-0.1, -0.05) is 33.1 Å². The summed E-state index contributed by atoms with van der Waals surface area (Å²) in [5.41, 5.74) is 0. The molecule has 0 aromatic carbocycles. The minimum atomic E-state index is 0.0159. The van der Waals surface area contributed by atoms with E-state index >= 15 is 0 Å². The van der Waals surface area contributed by atoms with Gasteiger partial charge in [-0.3, -0.25) is 4.79 Å². The first-order chi connectivity index (χ1) is 7.24. The number of hydrogen-bond acceptors (Lipinski definition) is 2. The van der Waals surface area contributed by atoms with Gasteiger partial charge in [-0.25, -0.2) is 0 Å². The van der Waals surface area contributed by atoms with Crippen LogP contribution in [-0.4, -0.2) is 12.1 Å². The maximum absolute atomic E-state index is 11.5. The molecule has 0 heterocycles. The lowest BCUT2D eigenvalue weighted by Gasteiger charge is -2.28. The monoisotopic (exact) mass is 212 g/mol. The Balaban J connectivity index is 2.18. The molecule has 0 bridgehead atoms. The fourth-order valence-corrected chi connectivity index (χ4v) is 2.20. The Kier molecular flexibility index (Phi) is 5.74. The minimum absolute atomic E-state index is 0.0159. The smallest absolute Gasteiger partial charge is 0.306 e. The maximum atomic E-state index is 11.5. The zero-order valence-electron chi connectivity index (χ0n) is 10.1. The van der Waals surface area contributed by atoms with Crippen LogP contribution < -0.4 is 0 Å². The highest BCUT2D eigenvalue weighted by Crippen LogP contribution is 2.26. The summed E-state index contributed by atoms with van der Waals surface area (Å²) in [4.78, 5) is 11.5. The van der Waals surface area contributed by atoms with Gasteiger partial charge >= 0.3 is 5.97 Å². The Morgan fingerprint density at radius 1 is 1.27 bits per heavy atom. The number of carbonyl (C=O) groups is 1. The third-order valence-corrected chi connectivity index (χ3v) is 3.30. The van der Waals surface area contributed by atoms with Gasteiger partial charge in [0.15, 0.2) is 0 Å². The van der Waals surface area contributed by atoms with Crippen molar-refractivity contribution in [1.82, 2.24) is 0 Å². The van der Waals surface area contributed by atoms with Gasteiger partial charge in [-0.15, -0.1) is 0 Å². The second kappa shape index (κ2) is 6.86. The zero-order chi connectivity index (χ0) is 11.1. The predicted octanol–water partition coefficient (Wildman–Crippen LogP) is 3.69. The molecule has 0 radical (unpaired) electrons. The van der Waals surface area contributed by atoms with Crippen LogP contribution in [0, 0.1) is 5.92 Å². The summed E-state index contributed by atoms with van der Waals surface area (Å²) in [7, 11) is 0. The molecule has 88 valence electrons. The number of carbonyl (C=O) groups excluding carboxylic acids is 1. The van der Waals surface area contributed by atoms with Gasteiger partial charge < -0.3 is 4.74 Å². The molecule has 0 aliphatic heterocycles. The summed E-state index contributed by atoms with van der Waals surface area (Å²) in [6.45, 7) is 4.34. The Labute approximate surface area is 93.4 Å². The molecule has 0 saturated heterocycles. The van der Waals surface area contributed by atoms with Crippen LogP contribution in [0.5, 0.6) is 0 Å². The fourth-order valence-electron chi connectivity index (χ4n) is 2.20. The number of rotatable bonds is 5. The third-order valence-electron chi connectivity index (χ3n) is 3.30. The van der Waals surface area contributed by atoms with Crippen LogP contribution in [0.25, 0.3) is 0 Å². The second-order valence-electron chi connectivity index (χ2n) is 4.75. The molecule has 2 nitrogen and oxygen atoms in total. The lowest BCUT2D eigenvalue weighted by molar-refractivity contribution is -0.153. The number of unbranched alkanes of at least 4 members (excludes halogenated alkanes) is 2. The van der Waals surface area contributed by atoms with Crippen LogP contribution in [0.1, 0.15) is 65.2 Å². The van der Waals surface area contributed by atoms with Crippen molar-refractivity contribution >= 4 is 5.97 Å². The van der Waals surface area contributed by atoms with Gasteiger partial charge in [-0.05, 0) is 31.6 Å². The highest BCUT2D eigenvalue weighted by Gasteiger charge is 2.24. The summed E-state index contributed by atoms with van der Waals surface area (Å²) in [6.07, 6.45) is 8.89. The molecular formula is C13H24O2. The standard InChI is InChI=1S/C13H24O2/c1-3-4-5-10-13(14)15-12-9-7-6-8-11(12)2/h11-12H,3-10H2,1-2H3/t11-,12+/m0/s1. The number of ether oxygens (including phenoxy) is 1. The highest BCUT2D eigenvalue weighted by atomic mass is 16.5.